The fraction of sp³-hybridized carbons (Fsp3) is 0.682. The molecule has 2 heterocycles. The van der Waals surface area contributed by atoms with Gasteiger partial charge in [0.05, 0.1) is 12.1 Å². The molecule has 0 bridgehead atoms. The van der Waals surface area contributed by atoms with Gasteiger partial charge in [-0.15, -0.1) is 0 Å². The smallest absolute Gasteiger partial charge is 0.334 e. The third-order valence-corrected chi connectivity index (χ3v) is 7.16. The SMILES string of the molecule is CCCCn1c(O)c(C(=N)N)c(=O)n(C2CCC(CN3C(=O)NC(=O)C3(C)C)(OC)CC2)c1=O. The molecular weight excluding hydrogens is 444 g/mol. The molecule has 0 radical (unpaired) electrons. The Bertz CT molecular complexity index is 1110. The van der Waals surface area contributed by atoms with Gasteiger partial charge >= 0.3 is 11.7 Å². The average molecular weight is 479 g/mol. The number of nitrogens with two attached hydrogens (primary N) is 1. The van der Waals surface area contributed by atoms with Crippen molar-refractivity contribution in [2.45, 2.75) is 83.0 Å². The minimum Gasteiger partial charge on any atom is -0.494 e. The fourth-order valence-corrected chi connectivity index (χ4v) is 4.80. The minimum atomic E-state index is -1.02. The molecular formula is C22H34N6O6. The van der Waals surface area contributed by atoms with Crippen molar-refractivity contribution in [3.05, 3.63) is 26.4 Å². The number of unbranched alkanes of at least 4 members (excludes halogenated alkanes) is 1. The molecule has 12 nitrogen and oxygen atoms in total. The summed E-state index contributed by atoms with van der Waals surface area (Å²) in [4.78, 5) is 52.2. The molecule has 0 unspecified atom stereocenters. The molecule has 2 aliphatic rings. The number of urea groups is 1. The predicted molar refractivity (Wildman–Crippen MR) is 124 cm³/mol. The van der Waals surface area contributed by atoms with Crippen molar-refractivity contribution in [3.63, 3.8) is 0 Å². The number of carbonyl (C=O) groups excluding carboxylic acids is 2. The lowest BCUT2D eigenvalue weighted by atomic mass is 9.80. The highest BCUT2D eigenvalue weighted by Gasteiger charge is 2.50. The number of aromatic nitrogens is 2. The second-order valence-electron chi connectivity index (χ2n) is 9.60. The van der Waals surface area contributed by atoms with E-state index in [1.807, 2.05) is 6.92 Å². The van der Waals surface area contributed by atoms with Gasteiger partial charge in [0.25, 0.3) is 11.5 Å². The van der Waals surface area contributed by atoms with Crippen LogP contribution in [0.2, 0.25) is 0 Å². The lowest BCUT2D eigenvalue weighted by Crippen LogP contribution is -2.55. The number of nitrogens with one attached hydrogen (secondary N) is 2. The van der Waals surface area contributed by atoms with Gasteiger partial charge in [-0.3, -0.25) is 29.4 Å². The molecule has 2 fully saturated rings. The normalized spacial score (nSPS) is 24.4. The van der Waals surface area contributed by atoms with Crippen LogP contribution in [0, 0.1) is 5.41 Å². The molecule has 1 aromatic heterocycles. The molecule has 0 aromatic carbocycles. The van der Waals surface area contributed by atoms with Gasteiger partial charge in [-0.25, -0.2) is 9.59 Å². The summed E-state index contributed by atoms with van der Waals surface area (Å²) in [5, 5.41) is 20.6. The number of nitrogen functional groups attached to an aromatic ring is 1. The van der Waals surface area contributed by atoms with E-state index in [0.29, 0.717) is 32.1 Å². The van der Waals surface area contributed by atoms with E-state index in [1.54, 1.807) is 21.0 Å². The molecule has 1 aromatic rings. The molecule has 0 atom stereocenters. The molecule has 1 aliphatic carbocycles. The van der Waals surface area contributed by atoms with Crippen LogP contribution in [0.1, 0.15) is 70.9 Å². The van der Waals surface area contributed by atoms with E-state index in [4.69, 9.17) is 15.9 Å². The number of carbonyl (C=O) groups is 2. The van der Waals surface area contributed by atoms with E-state index in [0.717, 1.165) is 15.6 Å². The number of nitrogens with zero attached hydrogens (tertiary/aromatic N) is 3. The highest BCUT2D eigenvalue weighted by atomic mass is 16.5. The Morgan fingerprint density at radius 1 is 1.24 bits per heavy atom. The molecule has 188 valence electrons. The molecule has 3 amide bonds. The Kier molecular flexibility index (Phi) is 6.92. The van der Waals surface area contributed by atoms with E-state index < -0.39 is 46.2 Å². The van der Waals surface area contributed by atoms with Crippen molar-refractivity contribution < 1.29 is 19.4 Å². The quantitative estimate of drug-likeness (QED) is 0.241. The van der Waals surface area contributed by atoms with Gasteiger partial charge in [0.1, 0.15) is 16.9 Å². The topological polar surface area (TPSA) is 173 Å². The van der Waals surface area contributed by atoms with Gasteiger partial charge in [-0.2, -0.15) is 0 Å². The van der Waals surface area contributed by atoms with Crippen LogP contribution in [0.3, 0.4) is 0 Å². The third-order valence-electron chi connectivity index (χ3n) is 7.16. The summed E-state index contributed by atoms with van der Waals surface area (Å²) in [5.74, 6) is -1.56. The average Bonchev–Trinajstić information content (AvgIpc) is 2.96. The Hall–Kier alpha value is -3.15. The highest BCUT2D eigenvalue weighted by Crippen LogP contribution is 2.38. The number of hydrogen-bond acceptors (Lipinski definition) is 7. The van der Waals surface area contributed by atoms with Crippen molar-refractivity contribution in [2.75, 3.05) is 13.7 Å². The molecule has 1 aliphatic heterocycles. The fourth-order valence-electron chi connectivity index (χ4n) is 4.80. The van der Waals surface area contributed by atoms with Crippen molar-refractivity contribution >= 4 is 17.8 Å². The molecule has 3 rings (SSSR count). The summed E-state index contributed by atoms with van der Waals surface area (Å²) in [6.45, 7) is 5.65. The molecule has 5 N–H and O–H groups in total. The molecule has 1 saturated carbocycles. The number of aromatic hydroxyl groups is 1. The summed E-state index contributed by atoms with van der Waals surface area (Å²) in [5.41, 5.74) is 2.00. The Balaban J connectivity index is 1.92. The Morgan fingerprint density at radius 2 is 1.85 bits per heavy atom. The minimum absolute atomic E-state index is 0.185. The number of ether oxygens (including phenoxy) is 1. The first-order valence-corrected chi connectivity index (χ1v) is 11.5. The number of methoxy groups -OCH3 is 1. The first-order chi connectivity index (χ1) is 15.9. The van der Waals surface area contributed by atoms with Crippen LogP contribution >= 0.6 is 0 Å². The van der Waals surface area contributed by atoms with Crippen LogP contribution in [-0.4, -0.2) is 61.7 Å². The molecule has 1 saturated heterocycles. The maximum atomic E-state index is 13.2. The van der Waals surface area contributed by atoms with E-state index in [9.17, 15) is 24.3 Å². The number of hydrogen-bond donors (Lipinski definition) is 4. The first kappa shape index (κ1) is 25.5. The summed E-state index contributed by atoms with van der Waals surface area (Å²) < 4.78 is 8.01. The third kappa shape index (κ3) is 4.22. The standard InChI is InChI=1S/C22H34N6O6/c1-5-6-11-26-16(29)14(15(23)24)17(30)28(20(26)33)13-7-9-22(34-4,10-8-13)12-27-19(32)25-18(31)21(27,2)3/h13,29H,5-12H2,1-4H3,(H3,23,24)(H,25,31,32). The van der Waals surface area contributed by atoms with Gasteiger partial charge in [0.15, 0.2) is 0 Å². The summed E-state index contributed by atoms with van der Waals surface area (Å²) in [7, 11) is 1.54. The Morgan fingerprint density at radius 3 is 2.32 bits per heavy atom. The van der Waals surface area contributed by atoms with Crippen LogP contribution in [0.4, 0.5) is 4.79 Å². The maximum Gasteiger partial charge on any atom is 0.334 e. The summed E-state index contributed by atoms with van der Waals surface area (Å²) in [6.07, 6.45) is 3.01. The van der Waals surface area contributed by atoms with Gasteiger partial charge in [-0.05, 0) is 46.0 Å². The van der Waals surface area contributed by atoms with E-state index >= 15 is 0 Å². The van der Waals surface area contributed by atoms with Crippen LogP contribution in [-0.2, 0) is 16.1 Å². The Labute approximate surface area is 197 Å². The van der Waals surface area contributed by atoms with Crippen LogP contribution in [0.25, 0.3) is 0 Å². The second-order valence-corrected chi connectivity index (χ2v) is 9.60. The largest absolute Gasteiger partial charge is 0.494 e. The zero-order chi connectivity index (χ0) is 25.4. The number of amidine groups is 1. The first-order valence-electron chi connectivity index (χ1n) is 11.5. The van der Waals surface area contributed by atoms with Crippen molar-refractivity contribution in [3.8, 4) is 5.88 Å². The van der Waals surface area contributed by atoms with Crippen molar-refractivity contribution in [1.29, 1.82) is 5.41 Å². The van der Waals surface area contributed by atoms with Crippen LogP contribution in [0.15, 0.2) is 9.59 Å². The monoisotopic (exact) mass is 478 g/mol. The van der Waals surface area contributed by atoms with Crippen molar-refractivity contribution in [2.24, 2.45) is 5.73 Å². The van der Waals surface area contributed by atoms with Gasteiger partial charge in [0, 0.05) is 19.7 Å². The molecule has 12 heteroatoms. The number of imide groups is 1. The van der Waals surface area contributed by atoms with Gasteiger partial charge in [0.2, 0.25) is 5.88 Å². The lowest BCUT2D eigenvalue weighted by molar-refractivity contribution is -0.127. The lowest BCUT2D eigenvalue weighted by Gasteiger charge is -2.43. The zero-order valence-electron chi connectivity index (χ0n) is 20.1. The van der Waals surface area contributed by atoms with Crippen LogP contribution < -0.4 is 22.3 Å². The summed E-state index contributed by atoms with van der Waals surface area (Å²) in [6, 6.07) is -0.967. The number of rotatable bonds is 8. The zero-order valence-corrected chi connectivity index (χ0v) is 20.1. The highest BCUT2D eigenvalue weighted by molar-refractivity contribution is 6.06. The van der Waals surface area contributed by atoms with Crippen LogP contribution in [0.5, 0.6) is 5.88 Å². The predicted octanol–water partition coefficient (Wildman–Crippen LogP) is 0.630. The van der Waals surface area contributed by atoms with Gasteiger partial charge in [-0.1, -0.05) is 13.3 Å². The van der Waals surface area contributed by atoms with E-state index in [2.05, 4.69) is 5.32 Å². The summed E-state index contributed by atoms with van der Waals surface area (Å²) >= 11 is 0. The molecule has 0 spiro atoms. The van der Waals surface area contributed by atoms with Crippen molar-refractivity contribution in [1.82, 2.24) is 19.4 Å². The van der Waals surface area contributed by atoms with E-state index in [-0.39, 0.29) is 24.6 Å². The van der Waals surface area contributed by atoms with E-state index in [1.165, 1.54) is 4.90 Å². The maximum absolute atomic E-state index is 13.2. The molecule has 34 heavy (non-hydrogen) atoms. The number of amides is 3. The van der Waals surface area contributed by atoms with Gasteiger partial charge < -0.3 is 20.5 Å². The second kappa shape index (κ2) is 9.24.